The molecule has 1 aliphatic carbocycles. The van der Waals surface area contributed by atoms with Crippen molar-refractivity contribution in [3.8, 4) is 0 Å². The Morgan fingerprint density at radius 2 is 2.50 bits per heavy atom. The van der Waals surface area contributed by atoms with E-state index in [1.54, 1.807) is 0 Å². The van der Waals surface area contributed by atoms with Crippen molar-refractivity contribution in [1.29, 1.82) is 0 Å². The molecule has 0 amide bonds. The summed E-state index contributed by atoms with van der Waals surface area (Å²) in [5.41, 5.74) is 0. The zero-order valence-corrected chi connectivity index (χ0v) is 8.82. The second-order valence-electron chi connectivity index (χ2n) is 4.12. The molecular formula is C11H19N3. The van der Waals surface area contributed by atoms with Crippen LogP contribution in [-0.2, 0) is 6.54 Å². The highest BCUT2D eigenvalue weighted by molar-refractivity contribution is 4.91. The van der Waals surface area contributed by atoms with Gasteiger partial charge in [-0.25, -0.2) is 4.98 Å². The van der Waals surface area contributed by atoms with E-state index in [4.69, 9.17) is 0 Å². The Hall–Kier alpha value is -0.830. The van der Waals surface area contributed by atoms with E-state index < -0.39 is 0 Å². The molecule has 1 aliphatic rings. The van der Waals surface area contributed by atoms with Crippen molar-refractivity contribution in [2.75, 3.05) is 6.54 Å². The second kappa shape index (κ2) is 4.60. The Morgan fingerprint density at radius 1 is 1.57 bits per heavy atom. The molecule has 1 aromatic rings. The van der Waals surface area contributed by atoms with Gasteiger partial charge in [0.2, 0.25) is 0 Å². The van der Waals surface area contributed by atoms with Gasteiger partial charge in [0.1, 0.15) is 0 Å². The molecule has 0 bridgehead atoms. The zero-order chi connectivity index (χ0) is 9.80. The summed E-state index contributed by atoms with van der Waals surface area (Å²) in [5.74, 6) is 0.961. The summed E-state index contributed by atoms with van der Waals surface area (Å²) in [6, 6.07) is 0.822. The van der Waals surface area contributed by atoms with Crippen LogP contribution in [0, 0.1) is 5.92 Å². The van der Waals surface area contributed by atoms with Crippen LogP contribution in [0.1, 0.15) is 26.2 Å². The van der Waals surface area contributed by atoms with Gasteiger partial charge >= 0.3 is 0 Å². The highest BCUT2D eigenvalue weighted by atomic mass is 15.0. The van der Waals surface area contributed by atoms with Gasteiger partial charge in [0.15, 0.2) is 0 Å². The normalized spacial score (nSPS) is 25.2. The molecule has 3 nitrogen and oxygen atoms in total. The summed E-state index contributed by atoms with van der Waals surface area (Å²) >= 11 is 0. The zero-order valence-electron chi connectivity index (χ0n) is 8.82. The summed E-state index contributed by atoms with van der Waals surface area (Å²) in [6.07, 6.45) is 9.66. The number of aryl methyl sites for hydroxylation is 1. The Labute approximate surface area is 85.5 Å². The van der Waals surface area contributed by atoms with Crippen molar-refractivity contribution in [3.63, 3.8) is 0 Å². The van der Waals surface area contributed by atoms with E-state index >= 15 is 0 Å². The van der Waals surface area contributed by atoms with Gasteiger partial charge in [-0.05, 0) is 25.3 Å². The van der Waals surface area contributed by atoms with Gasteiger partial charge in [0.25, 0.3) is 0 Å². The van der Waals surface area contributed by atoms with E-state index in [2.05, 4.69) is 21.8 Å². The van der Waals surface area contributed by atoms with Crippen molar-refractivity contribution in [3.05, 3.63) is 18.7 Å². The molecule has 1 N–H and O–H groups in total. The first kappa shape index (κ1) is 9.71. The van der Waals surface area contributed by atoms with E-state index in [0.717, 1.165) is 25.0 Å². The van der Waals surface area contributed by atoms with Crippen molar-refractivity contribution >= 4 is 0 Å². The molecule has 2 rings (SSSR count). The molecule has 0 saturated heterocycles. The molecular weight excluding hydrogens is 174 g/mol. The molecule has 0 radical (unpaired) electrons. The van der Waals surface area contributed by atoms with Crippen LogP contribution >= 0.6 is 0 Å². The number of rotatable bonds is 6. The number of aromatic nitrogens is 2. The van der Waals surface area contributed by atoms with Crippen molar-refractivity contribution in [1.82, 2.24) is 14.9 Å². The minimum atomic E-state index is 0.822. The fourth-order valence-corrected chi connectivity index (χ4v) is 1.92. The monoisotopic (exact) mass is 193 g/mol. The van der Waals surface area contributed by atoms with E-state index in [9.17, 15) is 0 Å². The van der Waals surface area contributed by atoms with Crippen LogP contribution < -0.4 is 5.32 Å². The molecule has 14 heavy (non-hydrogen) atoms. The quantitative estimate of drug-likeness (QED) is 0.696. The fraction of sp³-hybridized carbons (Fsp3) is 0.727. The van der Waals surface area contributed by atoms with E-state index in [1.807, 2.05) is 18.7 Å². The third-order valence-electron chi connectivity index (χ3n) is 3.01. The Bertz CT molecular complexity index is 256. The van der Waals surface area contributed by atoms with Gasteiger partial charge in [0.05, 0.1) is 6.33 Å². The SMILES string of the molecule is CCC1CC1NCCCn1ccnc1. The Kier molecular flexibility index (Phi) is 3.19. The third-order valence-corrected chi connectivity index (χ3v) is 3.01. The Balaban J connectivity index is 1.52. The number of nitrogens with zero attached hydrogens (tertiary/aromatic N) is 2. The molecule has 1 fully saturated rings. The molecule has 2 atom stereocenters. The molecule has 0 aromatic carbocycles. The predicted molar refractivity (Wildman–Crippen MR) is 57.0 cm³/mol. The number of hydrogen-bond donors (Lipinski definition) is 1. The predicted octanol–water partition coefficient (Wildman–Crippen LogP) is 1.66. The van der Waals surface area contributed by atoms with Crippen molar-refractivity contribution in [2.24, 2.45) is 5.92 Å². The summed E-state index contributed by atoms with van der Waals surface area (Å²) in [5, 5.41) is 3.59. The average molecular weight is 193 g/mol. The van der Waals surface area contributed by atoms with Crippen LogP contribution in [0.3, 0.4) is 0 Å². The summed E-state index contributed by atoms with van der Waals surface area (Å²) < 4.78 is 2.13. The van der Waals surface area contributed by atoms with Crippen LogP contribution in [0.25, 0.3) is 0 Å². The molecule has 0 aliphatic heterocycles. The van der Waals surface area contributed by atoms with Gasteiger partial charge in [-0.15, -0.1) is 0 Å². The van der Waals surface area contributed by atoms with Crippen molar-refractivity contribution in [2.45, 2.75) is 38.8 Å². The lowest BCUT2D eigenvalue weighted by Gasteiger charge is -2.04. The first-order chi connectivity index (χ1) is 6.90. The lowest BCUT2D eigenvalue weighted by Crippen LogP contribution is -2.20. The van der Waals surface area contributed by atoms with Gasteiger partial charge in [-0.1, -0.05) is 13.3 Å². The molecule has 1 aromatic heterocycles. The van der Waals surface area contributed by atoms with Gasteiger partial charge in [0, 0.05) is 25.0 Å². The third kappa shape index (κ3) is 2.58. The standard InChI is InChI=1S/C11H19N3/c1-2-10-8-11(10)13-4-3-6-14-7-5-12-9-14/h5,7,9-11,13H,2-4,6,8H2,1H3. The van der Waals surface area contributed by atoms with Crippen molar-refractivity contribution < 1.29 is 0 Å². The van der Waals surface area contributed by atoms with Crippen LogP contribution in [0.2, 0.25) is 0 Å². The molecule has 1 saturated carbocycles. The van der Waals surface area contributed by atoms with Crippen LogP contribution in [0.5, 0.6) is 0 Å². The summed E-state index contributed by atoms with van der Waals surface area (Å²) in [6.45, 7) is 4.49. The maximum Gasteiger partial charge on any atom is 0.0945 e. The molecule has 3 heteroatoms. The van der Waals surface area contributed by atoms with Crippen LogP contribution in [0.4, 0.5) is 0 Å². The molecule has 2 unspecified atom stereocenters. The van der Waals surface area contributed by atoms with E-state index in [0.29, 0.717) is 0 Å². The summed E-state index contributed by atoms with van der Waals surface area (Å²) in [7, 11) is 0. The topological polar surface area (TPSA) is 29.9 Å². The fourth-order valence-electron chi connectivity index (χ4n) is 1.92. The summed E-state index contributed by atoms with van der Waals surface area (Å²) in [4.78, 5) is 4.02. The lowest BCUT2D eigenvalue weighted by atomic mass is 10.3. The van der Waals surface area contributed by atoms with Crippen LogP contribution in [-0.4, -0.2) is 22.1 Å². The average Bonchev–Trinajstić information content (AvgIpc) is 2.77. The lowest BCUT2D eigenvalue weighted by molar-refractivity contribution is 0.558. The smallest absolute Gasteiger partial charge is 0.0945 e. The highest BCUT2D eigenvalue weighted by Crippen LogP contribution is 2.32. The minimum absolute atomic E-state index is 0.822. The number of hydrogen-bond acceptors (Lipinski definition) is 2. The minimum Gasteiger partial charge on any atom is -0.337 e. The second-order valence-corrected chi connectivity index (χ2v) is 4.12. The maximum atomic E-state index is 4.02. The number of nitrogens with one attached hydrogen (secondary N) is 1. The molecule has 1 heterocycles. The van der Waals surface area contributed by atoms with Crippen LogP contribution in [0.15, 0.2) is 18.7 Å². The first-order valence-corrected chi connectivity index (χ1v) is 5.59. The van der Waals surface area contributed by atoms with E-state index in [-0.39, 0.29) is 0 Å². The first-order valence-electron chi connectivity index (χ1n) is 5.59. The molecule has 78 valence electrons. The number of imidazole rings is 1. The van der Waals surface area contributed by atoms with E-state index in [1.165, 1.54) is 19.3 Å². The highest BCUT2D eigenvalue weighted by Gasteiger charge is 2.34. The largest absolute Gasteiger partial charge is 0.337 e. The van der Waals surface area contributed by atoms with Gasteiger partial charge < -0.3 is 9.88 Å². The van der Waals surface area contributed by atoms with Gasteiger partial charge in [-0.2, -0.15) is 0 Å². The Morgan fingerprint density at radius 3 is 3.14 bits per heavy atom. The molecule has 0 spiro atoms. The van der Waals surface area contributed by atoms with Gasteiger partial charge in [-0.3, -0.25) is 0 Å². The maximum absolute atomic E-state index is 4.02.